The second-order valence-electron chi connectivity index (χ2n) is 3.67. The summed E-state index contributed by atoms with van der Waals surface area (Å²) in [5, 5.41) is 11.1. The lowest BCUT2D eigenvalue weighted by Crippen LogP contribution is -2.17. The molecule has 86 valence electrons. The van der Waals surface area contributed by atoms with Crippen molar-refractivity contribution in [3.8, 4) is 0 Å². The van der Waals surface area contributed by atoms with Gasteiger partial charge in [-0.3, -0.25) is 9.59 Å². The SMILES string of the molecule is CC(CC(=O)O)CC(=O)Nc1ccccn1. The summed E-state index contributed by atoms with van der Waals surface area (Å²) < 4.78 is 0. The number of nitrogens with zero attached hydrogens (tertiary/aromatic N) is 1. The van der Waals surface area contributed by atoms with E-state index >= 15 is 0 Å². The van der Waals surface area contributed by atoms with Gasteiger partial charge in [0.1, 0.15) is 5.82 Å². The quantitative estimate of drug-likeness (QED) is 0.791. The number of aromatic nitrogens is 1. The van der Waals surface area contributed by atoms with E-state index in [1.165, 1.54) is 0 Å². The molecule has 0 aliphatic rings. The van der Waals surface area contributed by atoms with Gasteiger partial charge in [0, 0.05) is 19.0 Å². The molecular formula is C11H14N2O3. The Kier molecular flexibility index (Phi) is 4.44. The maximum absolute atomic E-state index is 11.5. The second-order valence-corrected chi connectivity index (χ2v) is 3.67. The number of carboxylic acid groups (broad SMARTS) is 1. The van der Waals surface area contributed by atoms with E-state index in [9.17, 15) is 9.59 Å². The van der Waals surface area contributed by atoms with Crippen molar-refractivity contribution in [3.05, 3.63) is 24.4 Å². The lowest BCUT2D eigenvalue weighted by Gasteiger charge is -2.08. The largest absolute Gasteiger partial charge is 0.481 e. The molecule has 0 bridgehead atoms. The molecule has 0 fully saturated rings. The summed E-state index contributed by atoms with van der Waals surface area (Å²) in [6.07, 6.45) is 1.76. The fourth-order valence-electron chi connectivity index (χ4n) is 1.32. The molecule has 1 aromatic rings. The lowest BCUT2D eigenvalue weighted by atomic mass is 10.0. The molecule has 0 aliphatic heterocycles. The summed E-state index contributed by atoms with van der Waals surface area (Å²) in [5.74, 6) is -0.804. The molecule has 0 saturated heterocycles. The molecule has 1 unspecified atom stereocenters. The highest BCUT2D eigenvalue weighted by Crippen LogP contribution is 2.09. The summed E-state index contributed by atoms with van der Waals surface area (Å²) in [7, 11) is 0. The van der Waals surface area contributed by atoms with Gasteiger partial charge >= 0.3 is 5.97 Å². The van der Waals surface area contributed by atoms with Crippen LogP contribution in [0.5, 0.6) is 0 Å². The highest BCUT2D eigenvalue weighted by molar-refractivity contribution is 5.90. The molecule has 1 heterocycles. The maximum atomic E-state index is 11.5. The van der Waals surface area contributed by atoms with Crippen molar-refractivity contribution in [2.75, 3.05) is 5.32 Å². The van der Waals surface area contributed by atoms with Crippen LogP contribution in [-0.2, 0) is 9.59 Å². The number of aliphatic carboxylic acids is 1. The van der Waals surface area contributed by atoms with Crippen LogP contribution in [0.15, 0.2) is 24.4 Å². The minimum atomic E-state index is -0.891. The summed E-state index contributed by atoms with van der Waals surface area (Å²) in [6, 6.07) is 5.20. The normalized spacial score (nSPS) is 11.8. The Hall–Kier alpha value is -1.91. The third kappa shape index (κ3) is 4.54. The molecule has 0 saturated carbocycles. The van der Waals surface area contributed by atoms with Crippen LogP contribution in [0.4, 0.5) is 5.82 Å². The first-order chi connectivity index (χ1) is 7.58. The highest BCUT2D eigenvalue weighted by Gasteiger charge is 2.12. The van der Waals surface area contributed by atoms with E-state index in [2.05, 4.69) is 10.3 Å². The van der Waals surface area contributed by atoms with Crippen molar-refractivity contribution in [3.63, 3.8) is 0 Å². The minimum absolute atomic E-state index is 0.00433. The zero-order valence-corrected chi connectivity index (χ0v) is 9.01. The minimum Gasteiger partial charge on any atom is -0.481 e. The molecule has 0 aliphatic carbocycles. The average molecular weight is 222 g/mol. The Bertz CT molecular complexity index is 365. The standard InChI is InChI=1S/C11H14N2O3/c1-8(7-11(15)16)6-10(14)13-9-4-2-3-5-12-9/h2-5,8H,6-7H2,1H3,(H,15,16)(H,12,13,14). The van der Waals surface area contributed by atoms with E-state index in [-0.39, 0.29) is 24.7 Å². The first-order valence-corrected chi connectivity index (χ1v) is 5.00. The van der Waals surface area contributed by atoms with Crippen LogP contribution in [0.1, 0.15) is 19.8 Å². The first kappa shape index (κ1) is 12.2. The van der Waals surface area contributed by atoms with E-state index in [1.807, 2.05) is 0 Å². The van der Waals surface area contributed by atoms with Gasteiger partial charge in [-0.25, -0.2) is 4.98 Å². The first-order valence-electron chi connectivity index (χ1n) is 5.00. The molecule has 16 heavy (non-hydrogen) atoms. The number of nitrogens with one attached hydrogen (secondary N) is 1. The third-order valence-corrected chi connectivity index (χ3v) is 1.99. The number of hydrogen-bond acceptors (Lipinski definition) is 3. The molecule has 2 N–H and O–H groups in total. The fourth-order valence-corrected chi connectivity index (χ4v) is 1.32. The van der Waals surface area contributed by atoms with Crippen molar-refractivity contribution in [1.29, 1.82) is 0 Å². The summed E-state index contributed by atoms with van der Waals surface area (Å²) >= 11 is 0. The van der Waals surface area contributed by atoms with Gasteiger partial charge in [0.25, 0.3) is 0 Å². The van der Waals surface area contributed by atoms with Crippen LogP contribution in [-0.4, -0.2) is 22.0 Å². The highest BCUT2D eigenvalue weighted by atomic mass is 16.4. The van der Waals surface area contributed by atoms with Crippen molar-refractivity contribution < 1.29 is 14.7 Å². The van der Waals surface area contributed by atoms with E-state index in [0.29, 0.717) is 5.82 Å². The summed E-state index contributed by atoms with van der Waals surface area (Å²) in [5.41, 5.74) is 0. The number of amides is 1. The zero-order valence-electron chi connectivity index (χ0n) is 9.01. The summed E-state index contributed by atoms with van der Waals surface area (Å²) in [6.45, 7) is 1.73. The molecule has 1 amide bonds. The van der Waals surface area contributed by atoms with Crippen molar-refractivity contribution in [2.45, 2.75) is 19.8 Å². The van der Waals surface area contributed by atoms with Crippen LogP contribution in [0.2, 0.25) is 0 Å². The van der Waals surface area contributed by atoms with Gasteiger partial charge in [0.15, 0.2) is 0 Å². The average Bonchev–Trinajstić information content (AvgIpc) is 2.17. The maximum Gasteiger partial charge on any atom is 0.303 e. The number of hydrogen-bond donors (Lipinski definition) is 2. The Morgan fingerprint density at radius 1 is 1.44 bits per heavy atom. The van der Waals surface area contributed by atoms with E-state index in [1.54, 1.807) is 31.3 Å². The molecule has 1 atom stereocenters. The monoisotopic (exact) mass is 222 g/mol. The molecule has 5 heteroatoms. The molecule has 5 nitrogen and oxygen atoms in total. The Labute approximate surface area is 93.5 Å². The number of carbonyl (C=O) groups excluding carboxylic acids is 1. The number of rotatable bonds is 5. The Morgan fingerprint density at radius 3 is 2.75 bits per heavy atom. The van der Waals surface area contributed by atoms with Crippen LogP contribution >= 0.6 is 0 Å². The topological polar surface area (TPSA) is 79.3 Å². The van der Waals surface area contributed by atoms with Crippen LogP contribution in [0.25, 0.3) is 0 Å². The smallest absolute Gasteiger partial charge is 0.303 e. The number of carboxylic acids is 1. The van der Waals surface area contributed by atoms with Crippen LogP contribution in [0.3, 0.4) is 0 Å². The van der Waals surface area contributed by atoms with Crippen LogP contribution < -0.4 is 5.32 Å². The van der Waals surface area contributed by atoms with Gasteiger partial charge in [0.2, 0.25) is 5.91 Å². The van der Waals surface area contributed by atoms with Gasteiger partial charge in [-0.05, 0) is 18.1 Å². The molecule has 1 aromatic heterocycles. The van der Waals surface area contributed by atoms with Crippen molar-refractivity contribution >= 4 is 17.7 Å². The second kappa shape index (κ2) is 5.85. The molecular weight excluding hydrogens is 208 g/mol. The van der Waals surface area contributed by atoms with Crippen molar-refractivity contribution in [2.24, 2.45) is 5.92 Å². The Balaban J connectivity index is 2.39. The molecule has 1 rings (SSSR count). The number of anilines is 1. The van der Waals surface area contributed by atoms with Gasteiger partial charge in [-0.2, -0.15) is 0 Å². The van der Waals surface area contributed by atoms with Gasteiger partial charge < -0.3 is 10.4 Å². The predicted octanol–water partition coefficient (Wildman–Crippen LogP) is 1.52. The molecule has 0 radical (unpaired) electrons. The van der Waals surface area contributed by atoms with E-state index in [0.717, 1.165) is 0 Å². The number of carbonyl (C=O) groups is 2. The van der Waals surface area contributed by atoms with E-state index < -0.39 is 5.97 Å². The fraction of sp³-hybridized carbons (Fsp3) is 0.364. The number of pyridine rings is 1. The Morgan fingerprint density at radius 2 is 2.19 bits per heavy atom. The zero-order chi connectivity index (χ0) is 12.0. The predicted molar refractivity (Wildman–Crippen MR) is 58.9 cm³/mol. The lowest BCUT2D eigenvalue weighted by molar-refractivity contribution is -0.138. The van der Waals surface area contributed by atoms with Gasteiger partial charge in [-0.15, -0.1) is 0 Å². The summed E-state index contributed by atoms with van der Waals surface area (Å²) in [4.78, 5) is 25.8. The van der Waals surface area contributed by atoms with Crippen LogP contribution in [0, 0.1) is 5.92 Å². The molecule has 0 aromatic carbocycles. The van der Waals surface area contributed by atoms with Gasteiger partial charge in [0.05, 0.1) is 0 Å². The van der Waals surface area contributed by atoms with Gasteiger partial charge in [-0.1, -0.05) is 13.0 Å². The van der Waals surface area contributed by atoms with E-state index in [4.69, 9.17) is 5.11 Å². The third-order valence-electron chi connectivity index (χ3n) is 1.99. The van der Waals surface area contributed by atoms with Crippen molar-refractivity contribution in [1.82, 2.24) is 4.98 Å². The molecule has 0 spiro atoms.